The van der Waals surface area contributed by atoms with Crippen molar-refractivity contribution in [1.82, 2.24) is 0 Å². The van der Waals surface area contributed by atoms with Crippen molar-refractivity contribution in [2.75, 3.05) is 12.9 Å². The molecule has 0 unspecified atom stereocenters. The Morgan fingerprint density at radius 2 is 1.92 bits per heavy atom. The Morgan fingerprint density at radius 1 is 1.12 bits per heavy atom. The van der Waals surface area contributed by atoms with Crippen LogP contribution in [0.15, 0.2) is 52.9 Å². The second-order valence-corrected chi connectivity index (χ2v) is 7.08. The van der Waals surface area contributed by atoms with E-state index in [0.717, 1.165) is 28.4 Å². The average molecular weight is 341 g/mol. The van der Waals surface area contributed by atoms with Crippen LogP contribution in [-0.2, 0) is 20.7 Å². The monoisotopic (exact) mass is 341 g/mol. The van der Waals surface area contributed by atoms with E-state index in [0.29, 0.717) is 17.7 Å². The smallest absolute Gasteiger partial charge is 0.264 e. The van der Waals surface area contributed by atoms with E-state index in [1.54, 1.807) is 6.07 Å². The SMILES string of the molecule is CS(=O)(=O)OCCc1cc2cc(-c3cccc(C#N)c3)ccc2o1. The quantitative estimate of drug-likeness (QED) is 0.664. The summed E-state index contributed by atoms with van der Waals surface area (Å²) in [5.74, 6) is 0.663. The third-order valence-corrected chi connectivity index (χ3v) is 4.13. The van der Waals surface area contributed by atoms with E-state index < -0.39 is 10.1 Å². The van der Waals surface area contributed by atoms with Gasteiger partial charge in [-0.05, 0) is 41.5 Å². The first-order valence-electron chi connectivity index (χ1n) is 7.32. The number of hydrogen-bond acceptors (Lipinski definition) is 5. The largest absolute Gasteiger partial charge is 0.461 e. The highest BCUT2D eigenvalue weighted by molar-refractivity contribution is 7.85. The van der Waals surface area contributed by atoms with Crippen LogP contribution < -0.4 is 0 Å². The summed E-state index contributed by atoms with van der Waals surface area (Å²) in [4.78, 5) is 0. The van der Waals surface area contributed by atoms with Crippen molar-refractivity contribution in [3.63, 3.8) is 0 Å². The van der Waals surface area contributed by atoms with Crippen molar-refractivity contribution in [3.8, 4) is 17.2 Å². The van der Waals surface area contributed by atoms with E-state index in [4.69, 9.17) is 13.9 Å². The Hall–Kier alpha value is -2.62. The summed E-state index contributed by atoms with van der Waals surface area (Å²) < 4.78 is 32.4. The molecule has 0 amide bonds. The summed E-state index contributed by atoms with van der Waals surface area (Å²) in [6, 6.07) is 17.2. The Bertz CT molecular complexity index is 1030. The Balaban J connectivity index is 1.85. The van der Waals surface area contributed by atoms with Gasteiger partial charge in [0, 0.05) is 11.8 Å². The molecule has 0 radical (unpaired) electrons. The van der Waals surface area contributed by atoms with Crippen molar-refractivity contribution in [1.29, 1.82) is 5.26 Å². The zero-order valence-electron chi connectivity index (χ0n) is 13.0. The topological polar surface area (TPSA) is 80.3 Å². The average Bonchev–Trinajstić information content (AvgIpc) is 2.95. The number of nitrogens with zero attached hydrogens (tertiary/aromatic N) is 1. The van der Waals surface area contributed by atoms with E-state index in [1.807, 2.05) is 42.5 Å². The van der Waals surface area contributed by atoms with Crippen molar-refractivity contribution < 1.29 is 17.0 Å². The van der Waals surface area contributed by atoms with Crippen LogP contribution in [0.5, 0.6) is 0 Å². The van der Waals surface area contributed by atoms with E-state index in [-0.39, 0.29) is 6.61 Å². The molecule has 1 heterocycles. The summed E-state index contributed by atoms with van der Waals surface area (Å²) in [5.41, 5.74) is 3.28. The maximum absolute atomic E-state index is 11.0. The van der Waals surface area contributed by atoms with E-state index >= 15 is 0 Å². The lowest BCUT2D eigenvalue weighted by Crippen LogP contribution is -2.05. The molecule has 3 aromatic rings. The lowest BCUT2D eigenvalue weighted by Gasteiger charge is -2.01. The van der Waals surface area contributed by atoms with Crippen molar-refractivity contribution in [2.45, 2.75) is 6.42 Å². The number of rotatable bonds is 5. The molecule has 6 heteroatoms. The summed E-state index contributed by atoms with van der Waals surface area (Å²) in [6.45, 7) is 0.0513. The van der Waals surface area contributed by atoms with Gasteiger partial charge in [0.05, 0.1) is 24.5 Å². The van der Waals surface area contributed by atoms with Crippen molar-refractivity contribution in [2.24, 2.45) is 0 Å². The number of hydrogen-bond donors (Lipinski definition) is 0. The fraction of sp³-hybridized carbons (Fsp3) is 0.167. The molecule has 0 saturated carbocycles. The summed E-state index contributed by atoms with van der Waals surface area (Å²) >= 11 is 0. The standard InChI is InChI=1S/C18H15NO4S/c1-24(20,21)22-8-7-17-11-16-10-15(5-6-18(16)23-17)14-4-2-3-13(9-14)12-19/h2-6,9-11H,7-8H2,1H3. The van der Waals surface area contributed by atoms with Crippen LogP contribution in [0, 0.1) is 11.3 Å². The molecule has 0 spiro atoms. The summed E-state index contributed by atoms with van der Waals surface area (Å²) in [5, 5.41) is 9.92. The molecule has 5 nitrogen and oxygen atoms in total. The van der Waals surface area contributed by atoms with Gasteiger partial charge in [0.15, 0.2) is 0 Å². The van der Waals surface area contributed by atoms with Crippen LogP contribution in [-0.4, -0.2) is 21.3 Å². The highest BCUT2D eigenvalue weighted by Crippen LogP contribution is 2.27. The lowest BCUT2D eigenvalue weighted by molar-refractivity contribution is 0.316. The first-order chi connectivity index (χ1) is 11.4. The van der Waals surface area contributed by atoms with E-state index in [9.17, 15) is 8.42 Å². The van der Waals surface area contributed by atoms with Gasteiger partial charge in [-0.1, -0.05) is 18.2 Å². The van der Waals surface area contributed by atoms with Gasteiger partial charge in [0.25, 0.3) is 10.1 Å². The van der Waals surface area contributed by atoms with Gasteiger partial charge >= 0.3 is 0 Å². The van der Waals surface area contributed by atoms with E-state index in [1.165, 1.54) is 0 Å². The molecule has 1 aromatic heterocycles. The highest BCUT2D eigenvalue weighted by atomic mass is 32.2. The Kier molecular flexibility index (Phi) is 4.38. The molecule has 0 saturated heterocycles. The fourth-order valence-electron chi connectivity index (χ4n) is 2.46. The van der Waals surface area contributed by atoms with Crippen LogP contribution in [0.25, 0.3) is 22.1 Å². The molecular weight excluding hydrogens is 326 g/mol. The van der Waals surface area contributed by atoms with Gasteiger partial charge in [-0.2, -0.15) is 13.7 Å². The predicted molar refractivity (Wildman–Crippen MR) is 90.9 cm³/mol. The van der Waals surface area contributed by atoms with Gasteiger partial charge in [-0.25, -0.2) is 0 Å². The third-order valence-electron chi connectivity index (χ3n) is 3.54. The number of fused-ring (bicyclic) bond motifs is 1. The number of furan rings is 1. The van der Waals surface area contributed by atoms with Crippen LogP contribution in [0.4, 0.5) is 0 Å². The second kappa shape index (κ2) is 6.48. The van der Waals surface area contributed by atoms with Crippen LogP contribution in [0.3, 0.4) is 0 Å². The molecule has 122 valence electrons. The minimum Gasteiger partial charge on any atom is -0.461 e. The molecule has 24 heavy (non-hydrogen) atoms. The maximum atomic E-state index is 11.0. The summed E-state index contributed by atoms with van der Waals surface area (Å²) in [6.07, 6.45) is 1.40. The molecule has 0 fully saturated rings. The van der Waals surface area contributed by atoms with E-state index in [2.05, 4.69) is 6.07 Å². The predicted octanol–water partition coefficient (Wildman–Crippen LogP) is 3.49. The first kappa shape index (κ1) is 16.2. The van der Waals surface area contributed by atoms with Gasteiger partial charge in [-0.3, -0.25) is 4.18 Å². The minimum atomic E-state index is -3.44. The first-order valence-corrected chi connectivity index (χ1v) is 9.14. The molecule has 3 rings (SSSR count). The molecule has 0 aliphatic carbocycles. The molecule has 0 aliphatic heterocycles. The van der Waals surface area contributed by atoms with Crippen LogP contribution in [0.2, 0.25) is 0 Å². The zero-order valence-corrected chi connectivity index (χ0v) is 13.8. The van der Waals surface area contributed by atoms with Crippen molar-refractivity contribution in [3.05, 3.63) is 59.9 Å². The molecule has 0 atom stereocenters. The van der Waals surface area contributed by atoms with Gasteiger partial charge in [0.1, 0.15) is 11.3 Å². The summed E-state index contributed by atoms with van der Waals surface area (Å²) in [7, 11) is -3.44. The maximum Gasteiger partial charge on any atom is 0.264 e. The van der Waals surface area contributed by atoms with Crippen LogP contribution in [0.1, 0.15) is 11.3 Å². The fourth-order valence-corrected chi connectivity index (χ4v) is 2.85. The molecule has 0 aliphatic rings. The van der Waals surface area contributed by atoms with Crippen molar-refractivity contribution >= 4 is 21.1 Å². The van der Waals surface area contributed by atoms with Gasteiger partial charge in [-0.15, -0.1) is 0 Å². The normalized spacial score (nSPS) is 11.5. The highest BCUT2D eigenvalue weighted by Gasteiger charge is 2.08. The lowest BCUT2D eigenvalue weighted by atomic mass is 10.0. The van der Waals surface area contributed by atoms with Gasteiger partial charge in [0.2, 0.25) is 0 Å². The zero-order chi connectivity index (χ0) is 17.2. The second-order valence-electron chi connectivity index (χ2n) is 5.43. The molecular formula is C18H15NO4S. The Morgan fingerprint density at radius 3 is 2.67 bits per heavy atom. The molecule has 0 N–H and O–H groups in total. The number of nitriles is 1. The Labute approximate surface area is 140 Å². The molecule has 2 aromatic carbocycles. The number of benzene rings is 2. The van der Waals surface area contributed by atoms with Crippen LogP contribution >= 0.6 is 0 Å². The molecule has 0 bridgehead atoms. The minimum absolute atomic E-state index is 0.0513. The van der Waals surface area contributed by atoms with Gasteiger partial charge < -0.3 is 4.42 Å². The third kappa shape index (κ3) is 3.82.